The SMILES string of the molecule is CC(CCCCOOC(C)(C)C)OOC(C)(C)C(C)C. The van der Waals surface area contributed by atoms with Gasteiger partial charge in [-0.3, -0.25) is 0 Å². The van der Waals surface area contributed by atoms with Gasteiger partial charge in [-0.25, -0.2) is 19.6 Å². The summed E-state index contributed by atoms with van der Waals surface area (Å²) in [5.74, 6) is 0.414. The van der Waals surface area contributed by atoms with Crippen LogP contribution >= 0.6 is 0 Å². The Bertz CT molecular complexity index is 243. The Morgan fingerprint density at radius 1 is 0.850 bits per heavy atom. The normalized spacial score (nSPS) is 14.8. The summed E-state index contributed by atoms with van der Waals surface area (Å²) in [5, 5.41) is 0. The molecule has 0 aromatic carbocycles. The molecule has 122 valence electrons. The molecule has 0 fully saturated rings. The van der Waals surface area contributed by atoms with Crippen molar-refractivity contribution >= 4 is 0 Å². The van der Waals surface area contributed by atoms with E-state index in [1.165, 1.54) is 0 Å². The zero-order valence-corrected chi connectivity index (χ0v) is 14.6. The number of hydrogen-bond donors (Lipinski definition) is 0. The fourth-order valence-corrected chi connectivity index (χ4v) is 1.16. The van der Waals surface area contributed by atoms with Gasteiger partial charge in [0.05, 0.1) is 18.3 Å². The highest BCUT2D eigenvalue weighted by Gasteiger charge is 2.25. The first-order valence-electron chi connectivity index (χ1n) is 7.69. The third-order valence-electron chi connectivity index (χ3n) is 3.21. The van der Waals surface area contributed by atoms with Crippen molar-refractivity contribution in [1.82, 2.24) is 0 Å². The Morgan fingerprint density at radius 2 is 1.45 bits per heavy atom. The van der Waals surface area contributed by atoms with E-state index >= 15 is 0 Å². The van der Waals surface area contributed by atoms with E-state index in [4.69, 9.17) is 19.6 Å². The molecule has 0 saturated carbocycles. The van der Waals surface area contributed by atoms with E-state index in [2.05, 4.69) is 13.8 Å². The number of rotatable bonds is 10. The molecule has 0 bridgehead atoms. The molecule has 0 aliphatic rings. The zero-order chi connectivity index (χ0) is 15.8. The van der Waals surface area contributed by atoms with Crippen LogP contribution in [0.2, 0.25) is 0 Å². The highest BCUT2D eigenvalue weighted by atomic mass is 17.2. The van der Waals surface area contributed by atoms with Gasteiger partial charge >= 0.3 is 0 Å². The molecule has 0 aromatic rings. The van der Waals surface area contributed by atoms with Crippen molar-refractivity contribution < 1.29 is 19.6 Å². The highest BCUT2D eigenvalue weighted by Crippen LogP contribution is 2.22. The van der Waals surface area contributed by atoms with Gasteiger partial charge in [0.25, 0.3) is 0 Å². The molecule has 0 amide bonds. The van der Waals surface area contributed by atoms with Crippen LogP contribution in [0, 0.1) is 5.92 Å². The van der Waals surface area contributed by atoms with Crippen LogP contribution in [0.4, 0.5) is 0 Å². The lowest BCUT2D eigenvalue weighted by Crippen LogP contribution is -2.32. The predicted molar refractivity (Wildman–Crippen MR) is 81.2 cm³/mol. The monoisotopic (exact) mass is 290 g/mol. The van der Waals surface area contributed by atoms with Gasteiger partial charge < -0.3 is 0 Å². The second-order valence-corrected chi connectivity index (χ2v) is 7.26. The highest BCUT2D eigenvalue weighted by molar-refractivity contribution is 4.70. The Balaban J connectivity index is 3.57. The molecular weight excluding hydrogens is 256 g/mol. The standard InChI is InChI=1S/C16H34O4/c1-13(2)16(7,8)20-18-14(3)11-9-10-12-17-19-15(4,5)6/h13-14H,9-12H2,1-8H3. The van der Waals surface area contributed by atoms with Gasteiger partial charge in [0, 0.05) is 0 Å². The molecule has 0 saturated heterocycles. The van der Waals surface area contributed by atoms with Crippen molar-refractivity contribution in [3.05, 3.63) is 0 Å². The van der Waals surface area contributed by atoms with Crippen molar-refractivity contribution in [3.63, 3.8) is 0 Å². The second-order valence-electron chi connectivity index (χ2n) is 7.26. The molecule has 0 aromatic heterocycles. The van der Waals surface area contributed by atoms with E-state index in [1.807, 2.05) is 41.5 Å². The molecule has 4 heteroatoms. The minimum absolute atomic E-state index is 0.0940. The molecule has 4 nitrogen and oxygen atoms in total. The van der Waals surface area contributed by atoms with Crippen LogP contribution < -0.4 is 0 Å². The van der Waals surface area contributed by atoms with Gasteiger partial charge in [-0.05, 0) is 66.7 Å². The van der Waals surface area contributed by atoms with Gasteiger partial charge in [0.15, 0.2) is 0 Å². The maximum Gasteiger partial charge on any atom is 0.100 e. The first-order chi connectivity index (χ1) is 9.04. The van der Waals surface area contributed by atoms with Gasteiger partial charge in [0.1, 0.15) is 5.60 Å². The molecule has 1 atom stereocenters. The van der Waals surface area contributed by atoms with Crippen molar-refractivity contribution in [2.45, 2.75) is 92.0 Å². The van der Waals surface area contributed by atoms with Gasteiger partial charge in [-0.2, -0.15) is 0 Å². The Kier molecular flexibility index (Phi) is 8.91. The van der Waals surface area contributed by atoms with Crippen molar-refractivity contribution in [3.8, 4) is 0 Å². The largest absolute Gasteiger partial charge is 0.236 e. The maximum absolute atomic E-state index is 5.52. The quantitative estimate of drug-likeness (QED) is 0.333. The summed E-state index contributed by atoms with van der Waals surface area (Å²) in [6.07, 6.45) is 3.03. The van der Waals surface area contributed by atoms with Gasteiger partial charge in [-0.1, -0.05) is 13.8 Å². The fraction of sp³-hybridized carbons (Fsp3) is 1.00. The summed E-state index contributed by atoms with van der Waals surface area (Å²) in [6, 6.07) is 0. The molecular formula is C16H34O4. The van der Waals surface area contributed by atoms with E-state index in [9.17, 15) is 0 Å². The predicted octanol–water partition coefficient (Wildman–Crippen LogP) is 4.67. The van der Waals surface area contributed by atoms with E-state index in [-0.39, 0.29) is 17.3 Å². The lowest BCUT2D eigenvalue weighted by molar-refractivity contribution is -0.383. The van der Waals surface area contributed by atoms with Gasteiger partial charge in [-0.15, -0.1) is 0 Å². The van der Waals surface area contributed by atoms with Crippen LogP contribution in [0.3, 0.4) is 0 Å². The number of hydrogen-bond acceptors (Lipinski definition) is 4. The third kappa shape index (κ3) is 10.6. The zero-order valence-electron chi connectivity index (χ0n) is 14.6. The first kappa shape index (κ1) is 19.8. The van der Waals surface area contributed by atoms with E-state index < -0.39 is 0 Å². The van der Waals surface area contributed by atoms with Crippen LogP contribution in [0.5, 0.6) is 0 Å². The molecule has 0 aliphatic heterocycles. The first-order valence-corrected chi connectivity index (χ1v) is 7.69. The summed E-state index contributed by atoms with van der Waals surface area (Å²) in [5.41, 5.74) is -0.495. The summed E-state index contributed by atoms with van der Waals surface area (Å²) < 4.78 is 0. The Labute approximate surface area is 125 Å². The fourth-order valence-electron chi connectivity index (χ4n) is 1.16. The maximum atomic E-state index is 5.52. The average Bonchev–Trinajstić information content (AvgIpc) is 2.29. The van der Waals surface area contributed by atoms with Crippen LogP contribution in [0.1, 0.15) is 74.7 Å². The molecule has 0 spiro atoms. The second kappa shape index (κ2) is 8.98. The molecule has 1 unspecified atom stereocenters. The molecule has 0 radical (unpaired) electrons. The molecule has 20 heavy (non-hydrogen) atoms. The molecule has 0 heterocycles. The van der Waals surface area contributed by atoms with E-state index in [0.717, 1.165) is 19.3 Å². The van der Waals surface area contributed by atoms with E-state index in [1.54, 1.807) is 0 Å². The third-order valence-corrected chi connectivity index (χ3v) is 3.21. The summed E-state index contributed by atoms with van der Waals surface area (Å²) >= 11 is 0. The van der Waals surface area contributed by atoms with Crippen molar-refractivity contribution in [2.75, 3.05) is 6.61 Å². The summed E-state index contributed by atoms with van der Waals surface area (Å²) in [6.45, 7) is 16.9. The van der Waals surface area contributed by atoms with Crippen LogP contribution in [-0.4, -0.2) is 23.9 Å². The smallest absolute Gasteiger partial charge is 0.100 e. The summed E-state index contributed by atoms with van der Waals surface area (Å²) in [4.78, 5) is 21.3. The van der Waals surface area contributed by atoms with Crippen LogP contribution in [0.15, 0.2) is 0 Å². The average molecular weight is 290 g/mol. The summed E-state index contributed by atoms with van der Waals surface area (Å²) in [7, 11) is 0. The lowest BCUT2D eigenvalue weighted by atomic mass is 9.95. The van der Waals surface area contributed by atoms with Gasteiger partial charge in [0.2, 0.25) is 0 Å². The lowest BCUT2D eigenvalue weighted by Gasteiger charge is -2.29. The van der Waals surface area contributed by atoms with Crippen LogP contribution in [0.25, 0.3) is 0 Å². The topological polar surface area (TPSA) is 36.9 Å². The van der Waals surface area contributed by atoms with E-state index in [0.29, 0.717) is 12.5 Å². The molecule has 0 rings (SSSR count). The van der Waals surface area contributed by atoms with Crippen molar-refractivity contribution in [1.29, 1.82) is 0 Å². The Morgan fingerprint density at radius 3 is 1.95 bits per heavy atom. The molecule has 0 N–H and O–H groups in total. The number of unbranched alkanes of at least 4 members (excludes halogenated alkanes) is 1. The van der Waals surface area contributed by atoms with Crippen molar-refractivity contribution in [2.24, 2.45) is 5.92 Å². The van der Waals surface area contributed by atoms with Crippen LogP contribution in [-0.2, 0) is 19.6 Å². The minimum atomic E-state index is -0.252. The molecule has 0 aliphatic carbocycles. The Hall–Kier alpha value is -0.160. The minimum Gasteiger partial charge on any atom is -0.236 e.